The molecule has 0 saturated heterocycles. The summed E-state index contributed by atoms with van der Waals surface area (Å²) in [5, 5.41) is 3.09. The summed E-state index contributed by atoms with van der Waals surface area (Å²) >= 11 is 0. The highest BCUT2D eigenvalue weighted by Crippen LogP contribution is 2.22. The number of aromatic nitrogens is 4. The molecule has 0 aliphatic heterocycles. The Labute approximate surface area is 152 Å². The monoisotopic (exact) mass is 350 g/mol. The molecule has 134 valence electrons. The van der Waals surface area contributed by atoms with Crippen LogP contribution in [0, 0.1) is 5.92 Å². The minimum absolute atomic E-state index is 0.157. The lowest BCUT2D eigenvalue weighted by Gasteiger charge is -2.22. The maximum Gasteiger partial charge on any atom is 0.251 e. The molecule has 7 nitrogen and oxygen atoms in total. The molecule has 3 aromatic rings. The Morgan fingerprint density at radius 3 is 2.65 bits per heavy atom. The van der Waals surface area contributed by atoms with E-state index in [4.69, 9.17) is 5.73 Å². The fourth-order valence-corrected chi connectivity index (χ4v) is 2.79. The van der Waals surface area contributed by atoms with Crippen LogP contribution in [0.15, 0.2) is 48.9 Å². The van der Waals surface area contributed by atoms with Crippen LogP contribution in [0.1, 0.15) is 36.1 Å². The zero-order valence-electron chi connectivity index (χ0n) is 15.0. The standard InChI is InChI=1S/C19H22N6O/c1-12(2)16(17-21-9-10-25(17)3)24-18(26)14-6-4-5-13(11-14)15-7-8-22-19(20)23-15/h4-12,16H,1-3H3,(H,24,26)(H2,20,22,23). The van der Waals surface area contributed by atoms with Crippen LogP contribution in [0.2, 0.25) is 0 Å². The van der Waals surface area contributed by atoms with E-state index in [0.717, 1.165) is 11.4 Å². The van der Waals surface area contributed by atoms with Crippen LogP contribution < -0.4 is 11.1 Å². The minimum Gasteiger partial charge on any atom is -0.368 e. The van der Waals surface area contributed by atoms with E-state index in [0.29, 0.717) is 11.3 Å². The molecule has 0 radical (unpaired) electrons. The maximum absolute atomic E-state index is 12.8. The van der Waals surface area contributed by atoms with Gasteiger partial charge in [0.05, 0.1) is 11.7 Å². The Bertz CT molecular complexity index is 918. The molecule has 3 N–H and O–H groups in total. The fourth-order valence-electron chi connectivity index (χ4n) is 2.79. The molecule has 1 atom stereocenters. The van der Waals surface area contributed by atoms with Gasteiger partial charge in [-0.1, -0.05) is 26.0 Å². The van der Waals surface area contributed by atoms with Crippen LogP contribution in [-0.4, -0.2) is 25.4 Å². The van der Waals surface area contributed by atoms with Crippen molar-refractivity contribution in [1.29, 1.82) is 0 Å². The van der Waals surface area contributed by atoms with E-state index in [1.165, 1.54) is 0 Å². The summed E-state index contributed by atoms with van der Waals surface area (Å²) in [5.41, 5.74) is 7.69. The van der Waals surface area contributed by atoms with E-state index in [9.17, 15) is 4.79 Å². The number of carbonyl (C=O) groups is 1. The Morgan fingerprint density at radius 1 is 1.19 bits per heavy atom. The van der Waals surface area contributed by atoms with Crippen molar-refractivity contribution in [3.05, 3.63) is 60.3 Å². The SMILES string of the molecule is CC(C)C(NC(=O)c1cccc(-c2ccnc(N)n2)c1)c1nccn1C. The zero-order chi connectivity index (χ0) is 18.7. The average Bonchev–Trinajstić information content (AvgIpc) is 3.05. The number of nitrogens with one attached hydrogen (secondary N) is 1. The Balaban J connectivity index is 1.86. The van der Waals surface area contributed by atoms with Gasteiger partial charge in [-0.05, 0) is 24.1 Å². The number of nitrogens with zero attached hydrogens (tertiary/aromatic N) is 4. The highest BCUT2D eigenvalue weighted by atomic mass is 16.1. The number of carbonyl (C=O) groups excluding carboxylic acids is 1. The number of nitrogen functional groups attached to an aromatic ring is 1. The van der Waals surface area contributed by atoms with Crippen molar-refractivity contribution < 1.29 is 4.79 Å². The van der Waals surface area contributed by atoms with E-state index >= 15 is 0 Å². The first kappa shape index (κ1) is 17.6. The minimum atomic E-state index is -0.180. The second kappa shape index (κ2) is 7.35. The number of benzene rings is 1. The van der Waals surface area contributed by atoms with Gasteiger partial charge in [0.2, 0.25) is 5.95 Å². The quantitative estimate of drug-likeness (QED) is 0.737. The van der Waals surface area contributed by atoms with Gasteiger partial charge in [-0.15, -0.1) is 0 Å². The van der Waals surface area contributed by atoms with Gasteiger partial charge >= 0.3 is 0 Å². The van der Waals surface area contributed by atoms with Crippen molar-refractivity contribution in [3.63, 3.8) is 0 Å². The first-order valence-electron chi connectivity index (χ1n) is 8.42. The lowest BCUT2D eigenvalue weighted by atomic mass is 10.0. The van der Waals surface area contributed by atoms with E-state index in [1.807, 2.05) is 29.9 Å². The molecular weight excluding hydrogens is 328 g/mol. The maximum atomic E-state index is 12.8. The van der Waals surface area contributed by atoms with Crippen molar-refractivity contribution >= 4 is 11.9 Å². The van der Waals surface area contributed by atoms with Gasteiger partial charge in [-0.2, -0.15) is 0 Å². The van der Waals surface area contributed by atoms with E-state index < -0.39 is 0 Å². The van der Waals surface area contributed by atoms with Crippen molar-refractivity contribution in [2.45, 2.75) is 19.9 Å². The molecule has 2 heterocycles. The molecule has 0 aliphatic carbocycles. The van der Waals surface area contributed by atoms with Crippen molar-refractivity contribution in [1.82, 2.24) is 24.8 Å². The average molecular weight is 350 g/mol. The summed E-state index contributed by atoms with van der Waals surface area (Å²) in [6.45, 7) is 4.11. The number of rotatable bonds is 5. The highest BCUT2D eigenvalue weighted by Gasteiger charge is 2.22. The molecule has 0 bridgehead atoms. The summed E-state index contributed by atoms with van der Waals surface area (Å²) in [6.07, 6.45) is 5.20. The largest absolute Gasteiger partial charge is 0.368 e. The third-order valence-electron chi connectivity index (χ3n) is 4.18. The topological polar surface area (TPSA) is 98.7 Å². The molecule has 0 saturated carbocycles. The number of nitrogens with two attached hydrogens (primary N) is 1. The van der Waals surface area contributed by atoms with Crippen molar-refractivity contribution in [3.8, 4) is 11.3 Å². The summed E-state index contributed by atoms with van der Waals surface area (Å²) in [5.74, 6) is 1.07. The number of amides is 1. The second-order valence-electron chi connectivity index (χ2n) is 6.47. The van der Waals surface area contributed by atoms with Crippen LogP contribution in [0.25, 0.3) is 11.3 Å². The summed E-state index contributed by atoms with van der Waals surface area (Å²) in [4.78, 5) is 25.3. The van der Waals surface area contributed by atoms with E-state index in [1.54, 1.807) is 30.6 Å². The van der Waals surface area contributed by atoms with Crippen LogP contribution in [-0.2, 0) is 7.05 Å². The Hall–Kier alpha value is -3.22. The first-order valence-corrected chi connectivity index (χ1v) is 8.42. The fraction of sp³-hybridized carbons (Fsp3) is 0.263. The number of aryl methyl sites for hydroxylation is 1. The molecule has 0 fully saturated rings. The molecule has 0 spiro atoms. The van der Waals surface area contributed by atoms with Gasteiger partial charge in [0.1, 0.15) is 5.82 Å². The van der Waals surface area contributed by atoms with Crippen LogP contribution >= 0.6 is 0 Å². The van der Waals surface area contributed by atoms with E-state index in [-0.39, 0.29) is 23.8 Å². The van der Waals surface area contributed by atoms with Gasteiger partial charge in [0.15, 0.2) is 0 Å². The third kappa shape index (κ3) is 3.72. The molecule has 3 rings (SSSR count). The smallest absolute Gasteiger partial charge is 0.251 e. The van der Waals surface area contributed by atoms with Crippen molar-refractivity contribution in [2.75, 3.05) is 5.73 Å². The Morgan fingerprint density at radius 2 is 2.00 bits per heavy atom. The molecule has 26 heavy (non-hydrogen) atoms. The first-order chi connectivity index (χ1) is 12.5. The number of hydrogen-bond donors (Lipinski definition) is 2. The molecular formula is C19H22N6O. The molecule has 0 aliphatic rings. The Kier molecular flexibility index (Phi) is 4.97. The molecule has 2 aromatic heterocycles. The van der Waals surface area contributed by atoms with Gasteiger partial charge in [0.25, 0.3) is 5.91 Å². The van der Waals surface area contributed by atoms with Crippen molar-refractivity contribution in [2.24, 2.45) is 13.0 Å². The van der Waals surface area contributed by atoms with Gasteiger partial charge in [-0.3, -0.25) is 4.79 Å². The zero-order valence-corrected chi connectivity index (χ0v) is 15.0. The molecule has 1 amide bonds. The summed E-state index contributed by atoms with van der Waals surface area (Å²) < 4.78 is 1.92. The normalized spacial score (nSPS) is 12.2. The third-order valence-corrected chi connectivity index (χ3v) is 4.18. The van der Waals surface area contributed by atoms with Crippen LogP contribution in [0.3, 0.4) is 0 Å². The summed E-state index contributed by atoms with van der Waals surface area (Å²) in [7, 11) is 1.92. The predicted octanol–water partition coefficient (Wildman–Crippen LogP) is 2.59. The molecule has 1 aromatic carbocycles. The van der Waals surface area contributed by atoms with Crippen LogP contribution in [0.4, 0.5) is 5.95 Å². The van der Waals surface area contributed by atoms with Crippen LogP contribution in [0.5, 0.6) is 0 Å². The van der Waals surface area contributed by atoms with Gasteiger partial charge < -0.3 is 15.6 Å². The predicted molar refractivity (Wildman–Crippen MR) is 100 cm³/mol. The number of hydrogen-bond acceptors (Lipinski definition) is 5. The van der Waals surface area contributed by atoms with Gasteiger partial charge in [-0.25, -0.2) is 15.0 Å². The molecule has 1 unspecified atom stereocenters. The highest BCUT2D eigenvalue weighted by molar-refractivity contribution is 5.95. The lowest BCUT2D eigenvalue weighted by molar-refractivity contribution is 0.0922. The second-order valence-corrected chi connectivity index (χ2v) is 6.47. The number of anilines is 1. The summed E-state index contributed by atoms with van der Waals surface area (Å²) in [6, 6.07) is 8.87. The van der Waals surface area contributed by atoms with E-state index in [2.05, 4.69) is 34.1 Å². The van der Waals surface area contributed by atoms with Gasteiger partial charge in [0, 0.05) is 36.8 Å². The lowest BCUT2D eigenvalue weighted by Crippen LogP contribution is -2.33. The molecule has 7 heteroatoms. The number of imidazole rings is 1.